The Balaban J connectivity index is 1.69. The molecule has 7 nitrogen and oxygen atoms in total. The Kier molecular flexibility index (Phi) is 7.49. The van der Waals surface area contributed by atoms with Crippen molar-refractivity contribution in [2.24, 2.45) is 0 Å². The maximum Gasteiger partial charge on any atom is 0.232 e. The topological polar surface area (TPSA) is 84.9 Å². The molecule has 0 spiro atoms. The molecule has 1 N–H and O–H groups in total. The second-order valence-electron chi connectivity index (χ2n) is 8.91. The van der Waals surface area contributed by atoms with Gasteiger partial charge >= 0.3 is 0 Å². The minimum atomic E-state index is -3.53. The summed E-state index contributed by atoms with van der Waals surface area (Å²) in [4.78, 5) is 12.8. The molecule has 1 unspecified atom stereocenters. The summed E-state index contributed by atoms with van der Waals surface area (Å²) in [6.45, 7) is 5.92. The summed E-state index contributed by atoms with van der Waals surface area (Å²) >= 11 is 6.18. The van der Waals surface area contributed by atoms with Gasteiger partial charge in [-0.1, -0.05) is 17.7 Å². The smallest absolute Gasteiger partial charge is 0.232 e. The quantitative estimate of drug-likeness (QED) is 0.578. The van der Waals surface area contributed by atoms with Crippen LogP contribution >= 0.6 is 11.6 Å². The third-order valence-corrected chi connectivity index (χ3v) is 7.27. The number of nitrogens with zero attached hydrogens (tertiary/aromatic N) is 1. The molecule has 0 saturated carbocycles. The molecule has 1 aliphatic rings. The van der Waals surface area contributed by atoms with Crippen molar-refractivity contribution in [2.75, 3.05) is 24.2 Å². The zero-order chi connectivity index (χ0) is 24.4. The third-order valence-electron chi connectivity index (χ3n) is 5.68. The molecule has 3 rings (SSSR count). The van der Waals surface area contributed by atoms with E-state index in [-0.39, 0.29) is 24.9 Å². The number of anilines is 1. The van der Waals surface area contributed by atoms with E-state index in [1.807, 2.05) is 32.0 Å². The number of amides is 1. The van der Waals surface area contributed by atoms with Gasteiger partial charge in [-0.2, -0.15) is 0 Å². The number of benzene rings is 2. The number of methoxy groups -OCH3 is 1. The number of carbonyl (C=O) groups excluding carboxylic acids is 1. The van der Waals surface area contributed by atoms with Gasteiger partial charge in [-0.3, -0.25) is 9.10 Å². The lowest BCUT2D eigenvalue weighted by molar-refractivity contribution is -0.122. The van der Waals surface area contributed by atoms with E-state index in [2.05, 4.69) is 5.32 Å². The number of rotatable bonds is 8. The summed E-state index contributed by atoms with van der Waals surface area (Å²) < 4.78 is 37.5. The minimum absolute atomic E-state index is 0.150. The van der Waals surface area contributed by atoms with Crippen molar-refractivity contribution in [2.45, 2.75) is 51.7 Å². The Bertz CT molecular complexity index is 1130. The van der Waals surface area contributed by atoms with Crippen molar-refractivity contribution in [1.82, 2.24) is 5.32 Å². The first-order chi connectivity index (χ1) is 15.4. The van der Waals surface area contributed by atoms with Crippen LogP contribution in [-0.2, 0) is 14.8 Å². The van der Waals surface area contributed by atoms with Crippen LogP contribution in [0.25, 0.3) is 0 Å². The molecule has 0 saturated heterocycles. The van der Waals surface area contributed by atoms with E-state index < -0.39 is 15.6 Å². The van der Waals surface area contributed by atoms with Crippen LogP contribution in [-0.4, -0.2) is 39.8 Å². The molecule has 1 heterocycles. The molecular weight excluding hydrogens is 464 g/mol. The summed E-state index contributed by atoms with van der Waals surface area (Å²) in [5.74, 6) is 1.26. The Hall–Kier alpha value is -2.45. The summed E-state index contributed by atoms with van der Waals surface area (Å²) in [6.07, 6.45) is 2.31. The molecular formula is C24H31ClN2O5S. The lowest BCUT2D eigenvalue weighted by Crippen LogP contribution is -2.41. The first kappa shape index (κ1) is 25.2. The molecule has 180 valence electrons. The van der Waals surface area contributed by atoms with Gasteiger partial charge in [0.1, 0.15) is 17.1 Å². The van der Waals surface area contributed by atoms with Gasteiger partial charge in [0.15, 0.2) is 0 Å². The van der Waals surface area contributed by atoms with Crippen LogP contribution in [0.4, 0.5) is 5.69 Å². The fraction of sp³-hybridized carbons (Fsp3) is 0.458. The second-order valence-corrected chi connectivity index (χ2v) is 11.2. The Morgan fingerprint density at radius 2 is 2.03 bits per heavy atom. The largest absolute Gasteiger partial charge is 0.497 e. The SMILES string of the molecule is COc1ccc2c(c1)C(NC(=O)CCCN(c1cccc(Cl)c1C)S(C)(=O)=O)CC(C)(C)O2. The Morgan fingerprint density at radius 3 is 2.70 bits per heavy atom. The summed E-state index contributed by atoms with van der Waals surface area (Å²) in [6, 6.07) is 10.5. The molecule has 9 heteroatoms. The van der Waals surface area contributed by atoms with Crippen molar-refractivity contribution in [1.29, 1.82) is 0 Å². The van der Waals surface area contributed by atoms with Gasteiger partial charge in [-0.05, 0) is 63.1 Å². The molecule has 0 fully saturated rings. The predicted molar refractivity (Wildman–Crippen MR) is 131 cm³/mol. The average molecular weight is 495 g/mol. The van der Waals surface area contributed by atoms with Crippen LogP contribution in [0.5, 0.6) is 11.5 Å². The van der Waals surface area contributed by atoms with E-state index in [0.717, 1.165) is 17.6 Å². The number of hydrogen-bond acceptors (Lipinski definition) is 5. The maximum absolute atomic E-state index is 12.8. The van der Waals surface area contributed by atoms with Gasteiger partial charge in [0.05, 0.1) is 25.1 Å². The average Bonchev–Trinajstić information content (AvgIpc) is 2.72. The number of hydrogen-bond donors (Lipinski definition) is 1. The maximum atomic E-state index is 12.8. The lowest BCUT2D eigenvalue weighted by Gasteiger charge is -2.38. The van der Waals surface area contributed by atoms with Gasteiger partial charge in [0, 0.05) is 30.0 Å². The fourth-order valence-electron chi connectivity index (χ4n) is 4.07. The highest BCUT2D eigenvalue weighted by Gasteiger charge is 2.35. The summed E-state index contributed by atoms with van der Waals surface area (Å²) in [5.41, 5.74) is 1.65. The molecule has 1 amide bonds. The van der Waals surface area contributed by atoms with E-state index in [9.17, 15) is 13.2 Å². The van der Waals surface area contributed by atoms with Crippen molar-refractivity contribution in [3.8, 4) is 11.5 Å². The van der Waals surface area contributed by atoms with Crippen LogP contribution in [0.15, 0.2) is 36.4 Å². The van der Waals surface area contributed by atoms with Crippen LogP contribution in [0.3, 0.4) is 0 Å². The van der Waals surface area contributed by atoms with Crippen LogP contribution in [0.1, 0.15) is 50.3 Å². The molecule has 1 atom stereocenters. The molecule has 0 aromatic heterocycles. The van der Waals surface area contributed by atoms with E-state index in [4.69, 9.17) is 21.1 Å². The van der Waals surface area contributed by atoms with Gasteiger partial charge in [0.2, 0.25) is 15.9 Å². The van der Waals surface area contributed by atoms with Gasteiger partial charge in [-0.25, -0.2) is 8.42 Å². The van der Waals surface area contributed by atoms with E-state index >= 15 is 0 Å². The van der Waals surface area contributed by atoms with Crippen LogP contribution in [0, 0.1) is 6.92 Å². The highest BCUT2D eigenvalue weighted by molar-refractivity contribution is 7.92. The van der Waals surface area contributed by atoms with Gasteiger partial charge < -0.3 is 14.8 Å². The molecule has 0 radical (unpaired) electrons. The first-order valence-corrected chi connectivity index (χ1v) is 13.0. The van der Waals surface area contributed by atoms with Crippen molar-refractivity contribution in [3.05, 3.63) is 52.5 Å². The van der Waals surface area contributed by atoms with Crippen molar-refractivity contribution < 1.29 is 22.7 Å². The lowest BCUT2D eigenvalue weighted by atomic mass is 9.89. The highest BCUT2D eigenvalue weighted by Crippen LogP contribution is 2.41. The minimum Gasteiger partial charge on any atom is -0.497 e. The summed E-state index contributed by atoms with van der Waals surface area (Å²) in [7, 11) is -1.94. The molecule has 1 aliphatic heterocycles. The normalized spacial score (nSPS) is 17.0. The standard InChI is InChI=1S/C24H31ClN2O5S/c1-16-19(25)8-6-9-21(16)27(33(5,29)30)13-7-10-23(28)26-20-15-24(2,3)32-22-12-11-17(31-4)14-18(20)22/h6,8-9,11-12,14,20H,7,10,13,15H2,1-5H3,(H,26,28). The van der Waals surface area contributed by atoms with Crippen molar-refractivity contribution in [3.63, 3.8) is 0 Å². The number of halogens is 1. The van der Waals surface area contributed by atoms with Crippen LogP contribution in [0.2, 0.25) is 5.02 Å². The Morgan fingerprint density at radius 1 is 1.30 bits per heavy atom. The van der Waals surface area contributed by atoms with Gasteiger partial charge in [-0.15, -0.1) is 0 Å². The van der Waals surface area contributed by atoms with Crippen LogP contribution < -0.4 is 19.1 Å². The molecule has 0 bridgehead atoms. The van der Waals surface area contributed by atoms with Crippen molar-refractivity contribution >= 4 is 33.2 Å². The number of carbonyl (C=O) groups is 1. The number of sulfonamides is 1. The first-order valence-electron chi connectivity index (χ1n) is 10.8. The molecule has 2 aromatic rings. The second kappa shape index (κ2) is 9.81. The zero-order valence-corrected chi connectivity index (χ0v) is 21.2. The van der Waals surface area contributed by atoms with E-state index in [0.29, 0.717) is 34.9 Å². The zero-order valence-electron chi connectivity index (χ0n) is 19.6. The monoisotopic (exact) mass is 494 g/mol. The highest BCUT2D eigenvalue weighted by atomic mass is 35.5. The molecule has 33 heavy (non-hydrogen) atoms. The molecule has 2 aromatic carbocycles. The third kappa shape index (κ3) is 6.12. The van der Waals surface area contributed by atoms with E-state index in [1.54, 1.807) is 32.2 Å². The van der Waals surface area contributed by atoms with E-state index in [1.165, 1.54) is 4.31 Å². The fourth-order valence-corrected chi connectivity index (χ4v) is 5.25. The summed E-state index contributed by atoms with van der Waals surface area (Å²) in [5, 5.41) is 3.59. The number of ether oxygens (including phenoxy) is 2. The number of nitrogens with one attached hydrogen (secondary N) is 1. The molecule has 0 aliphatic carbocycles. The predicted octanol–water partition coefficient (Wildman–Crippen LogP) is 4.62. The van der Waals surface area contributed by atoms with Gasteiger partial charge in [0.25, 0.3) is 0 Å². The Labute approximate surface area is 201 Å². The number of fused-ring (bicyclic) bond motifs is 1.